The molecule has 1 fully saturated rings. The number of methoxy groups -OCH3 is 4. The van der Waals surface area contributed by atoms with E-state index >= 15 is 0 Å². The van der Waals surface area contributed by atoms with Gasteiger partial charge in [-0.2, -0.15) is 0 Å². The fourth-order valence-electron chi connectivity index (χ4n) is 4.76. The van der Waals surface area contributed by atoms with Crippen molar-refractivity contribution >= 4 is 44.1 Å². The summed E-state index contributed by atoms with van der Waals surface area (Å²) in [6.45, 7) is 2.34. The number of fused-ring (bicyclic) bond motifs is 1. The van der Waals surface area contributed by atoms with Crippen LogP contribution in [-0.2, 0) is 9.59 Å². The third kappa shape index (κ3) is 4.89. The van der Waals surface area contributed by atoms with Gasteiger partial charge in [-0.15, -0.1) is 0 Å². The molecule has 1 amide bonds. The van der Waals surface area contributed by atoms with E-state index in [0.29, 0.717) is 52.0 Å². The third-order valence-electron chi connectivity index (χ3n) is 6.68. The van der Waals surface area contributed by atoms with Gasteiger partial charge >= 0.3 is 5.91 Å². The summed E-state index contributed by atoms with van der Waals surface area (Å²) < 4.78 is 28.2. The highest BCUT2D eigenvalue weighted by Crippen LogP contribution is 2.48. The van der Waals surface area contributed by atoms with E-state index in [1.54, 1.807) is 55.6 Å². The molecular weight excluding hydrogens is 548 g/mol. The lowest BCUT2D eigenvalue weighted by Gasteiger charge is -2.24. The first-order valence-electron chi connectivity index (χ1n) is 12.6. The molecule has 3 aromatic carbocycles. The highest BCUT2D eigenvalue weighted by atomic mass is 32.1. The fourth-order valence-corrected chi connectivity index (χ4v) is 5.78. The van der Waals surface area contributed by atoms with Gasteiger partial charge in [0.1, 0.15) is 17.3 Å². The summed E-state index contributed by atoms with van der Waals surface area (Å²) in [4.78, 5) is 33.3. The maximum absolute atomic E-state index is 13.7. The van der Waals surface area contributed by atoms with Crippen LogP contribution in [0.4, 0.5) is 5.13 Å². The van der Waals surface area contributed by atoms with E-state index in [1.165, 1.54) is 37.6 Å². The molecule has 1 unspecified atom stereocenters. The predicted octanol–water partition coefficient (Wildman–Crippen LogP) is 5.36. The van der Waals surface area contributed by atoms with Gasteiger partial charge in [-0.05, 0) is 67.1 Å². The number of ketones is 1. The van der Waals surface area contributed by atoms with Crippen molar-refractivity contribution in [2.45, 2.75) is 13.0 Å². The van der Waals surface area contributed by atoms with Crippen molar-refractivity contribution < 1.29 is 38.4 Å². The summed E-state index contributed by atoms with van der Waals surface area (Å²) in [6.07, 6.45) is 0. The zero-order valence-corrected chi connectivity index (χ0v) is 23.9. The van der Waals surface area contributed by atoms with Crippen LogP contribution in [0.5, 0.6) is 28.7 Å². The molecule has 11 heteroatoms. The zero-order valence-electron chi connectivity index (χ0n) is 23.1. The number of aliphatic hydroxyl groups excluding tert-OH is 1. The number of amides is 1. The van der Waals surface area contributed by atoms with Crippen LogP contribution in [0, 0.1) is 0 Å². The first-order chi connectivity index (χ1) is 19.8. The number of benzene rings is 3. The Hall–Kier alpha value is -4.77. The van der Waals surface area contributed by atoms with Gasteiger partial charge in [0.05, 0.1) is 56.9 Å². The lowest BCUT2D eigenvalue weighted by Crippen LogP contribution is -2.29. The molecule has 5 rings (SSSR count). The number of aliphatic hydroxyl groups is 1. The second kappa shape index (κ2) is 11.4. The summed E-state index contributed by atoms with van der Waals surface area (Å²) >= 11 is 1.23. The monoisotopic (exact) mass is 576 g/mol. The van der Waals surface area contributed by atoms with Crippen LogP contribution in [-0.4, -0.2) is 56.8 Å². The average Bonchev–Trinajstić information content (AvgIpc) is 3.53. The van der Waals surface area contributed by atoms with Crippen LogP contribution in [0.2, 0.25) is 0 Å². The number of Topliss-reactive ketones (excluding diaryl/α,β-unsaturated/α-hetero) is 1. The van der Waals surface area contributed by atoms with Gasteiger partial charge in [-0.3, -0.25) is 14.5 Å². The highest BCUT2D eigenvalue weighted by molar-refractivity contribution is 7.22. The smallest absolute Gasteiger partial charge is 0.301 e. The summed E-state index contributed by atoms with van der Waals surface area (Å²) in [5.74, 6) is 0.200. The van der Waals surface area contributed by atoms with E-state index in [0.717, 1.165) is 4.70 Å². The van der Waals surface area contributed by atoms with Gasteiger partial charge in [0.2, 0.25) is 5.75 Å². The Labute approximate surface area is 240 Å². The van der Waals surface area contributed by atoms with Gasteiger partial charge in [0.25, 0.3) is 5.78 Å². The lowest BCUT2D eigenvalue weighted by molar-refractivity contribution is -0.132. The van der Waals surface area contributed by atoms with Crippen molar-refractivity contribution in [3.8, 4) is 28.7 Å². The molecular formula is C30H28N2O8S. The number of aromatic nitrogens is 1. The van der Waals surface area contributed by atoms with Crippen LogP contribution in [0.15, 0.2) is 60.2 Å². The minimum atomic E-state index is -1.06. The molecule has 41 heavy (non-hydrogen) atoms. The molecule has 0 aliphatic carbocycles. The molecule has 1 saturated heterocycles. The number of rotatable bonds is 9. The number of hydrogen-bond donors (Lipinski definition) is 1. The highest BCUT2D eigenvalue weighted by Gasteiger charge is 2.48. The van der Waals surface area contributed by atoms with Gasteiger partial charge in [-0.1, -0.05) is 11.3 Å². The van der Waals surface area contributed by atoms with E-state index in [1.807, 2.05) is 13.0 Å². The number of carbonyl (C=O) groups is 2. The standard InChI is InChI=1S/C30H28N2O8S/c1-6-40-18-9-7-16(8-10-18)26(33)24-25(17-13-21(37-3)28(39-5)22(14-17)38-4)32(29(35)27(24)34)30-31-20-12-11-19(36-2)15-23(20)41-30/h7-15,25,33H,6H2,1-5H3/b26-24+. The number of nitrogens with zero attached hydrogens (tertiary/aromatic N) is 2. The van der Waals surface area contributed by atoms with Gasteiger partial charge in [0.15, 0.2) is 16.6 Å². The van der Waals surface area contributed by atoms with Crippen LogP contribution in [0.3, 0.4) is 0 Å². The van der Waals surface area contributed by atoms with E-state index in [4.69, 9.17) is 23.7 Å². The summed E-state index contributed by atoms with van der Waals surface area (Å²) in [7, 11) is 5.98. The van der Waals surface area contributed by atoms with Crippen molar-refractivity contribution in [1.82, 2.24) is 4.98 Å². The normalized spacial score (nSPS) is 16.2. The number of hydrogen-bond acceptors (Lipinski definition) is 10. The molecule has 2 heterocycles. The molecule has 0 saturated carbocycles. The van der Waals surface area contributed by atoms with E-state index in [2.05, 4.69) is 4.98 Å². The van der Waals surface area contributed by atoms with Crippen molar-refractivity contribution in [2.75, 3.05) is 39.9 Å². The molecule has 0 spiro atoms. The number of anilines is 1. The summed E-state index contributed by atoms with van der Waals surface area (Å²) in [6, 6.07) is 14.2. The Bertz CT molecular complexity index is 1640. The Morgan fingerprint density at radius 2 is 1.56 bits per heavy atom. The van der Waals surface area contributed by atoms with E-state index < -0.39 is 17.7 Å². The Balaban J connectivity index is 1.74. The minimum absolute atomic E-state index is 0.106. The van der Waals surface area contributed by atoms with Gasteiger partial charge in [0, 0.05) is 5.56 Å². The van der Waals surface area contributed by atoms with Gasteiger partial charge < -0.3 is 28.8 Å². The predicted molar refractivity (Wildman–Crippen MR) is 155 cm³/mol. The van der Waals surface area contributed by atoms with Crippen molar-refractivity contribution in [2.24, 2.45) is 0 Å². The summed E-state index contributed by atoms with van der Waals surface area (Å²) in [5.41, 5.74) is 1.31. The van der Waals surface area contributed by atoms with Crippen molar-refractivity contribution in [3.63, 3.8) is 0 Å². The largest absolute Gasteiger partial charge is 0.507 e. The van der Waals surface area contributed by atoms with E-state index in [-0.39, 0.29) is 16.5 Å². The molecule has 0 bridgehead atoms. The minimum Gasteiger partial charge on any atom is -0.507 e. The van der Waals surface area contributed by atoms with E-state index in [9.17, 15) is 14.7 Å². The Morgan fingerprint density at radius 3 is 2.15 bits per heavy atom. The Kier molecular flexibility index (Phi) is 7.71. The fraction of sp³-hybridized carbons (Fsp3) is 0.233. The molecule has 0 radical (unpaired) electrons. The summed E-state index contributed by atoms with van der Waals surface area (Å²) in [5, 5.41) is 11.8. The molecule has 1 aromatic heterocycles. The molecule has 1 atom stereocenters. The second-order valence-corrected chi connectivity index (χ2v) is 9.92. The molecule has 10 nitrogen and oxygen atoms in total. The quantitative estimate of drug-likeness (QED) is 0.160. The molecule has 1 aliphatic heterocycles. The molecule has 212 valence electrons. The number of thiazole rings is 1. The first kappa shape index (κ1) is 27.8. The SMILES string of the molecule is CCOc1ccc(/C(O)=C2\C(=O)C(=O)N(c3nc4ccc(OC)cc4s3)C2c2cc(OC)c(OC)c(OC)c2)cc1. The van der Waals surface area contributed by atoms with Gasteiger partial charge in [-0.25, -0.2) is 4.98 Å². The van der Waals surface area contributed by atoms with Crippen LogP contribution in [0.25, 0.3) is 16.0 Å². The van der Waals surface area contributed by atoms with Crippen LogP contribution < -0.4 is 28.6 Å². The molecule has 1 aliphatic rings. The number of ether oxygens (including phenoxy) is 5. The zero-order chi connectivity index (χ0) is 29.3. The van der Waals surface area contributed by atoms with Crippen molar-refractivity contribution in [1.29, 1.82) is 0 Å². The van der Waals surface area contributed by atoms with Crippen LogP contribution >= 0.6 is 11.3 Å². The average molecular weight is 577 g/mol. The topological polar surface area (TPSA) is 117 Å². The van der Waals surface area contributed by atoms with Crippen LogP contribution in [0.1, 0.15) is 24.1 Å². The maximum Gasteiger partial charge on any atom is 0.301 e. The molecule has 4 aromatic rings. The lowest BCUT2D eigenvalue weighted by atomic mass is 9.94. The maximum atomic E-state index is 13.7. The second-order valence-electron chi connectivity index (χ2n) is 8.92. The Morgan fingerprint density at radius 1 is 0.902 bits per heavy atom. The number of carbonyl (C=O) groups excluding carboxylic acids is 2. The third-order valence-corrected chi connectivity index (χ3v) is 7.69. The van der Waals surface area contributed by atoms with Crippen molar-refractivity contribution in [3.05, 3.63) is 71.3 Å². The first-order valence-corrected chi connectivity index (χ1v) is 13.5. The molecule has 1 N–H and O–H groups in total.